The molecule has 2 bridgehead atoms. The minimum Gasteiger partial charge on any atom is -0.274 e. The molecule has 4 atom stereocenters. The first kappa shape index (κ1) is 15.6. The Kier molecular flexibility index (Phi) is 3.38. The Morgan fingerprint density at radius 1 is 1.16 bits per heavy atom. The van der Waals surface area contributed by atoms with Crippen molar-refractivity contribution in [2.75, 3.05) is 4.90 Å². The van der Waals surface area contributed by atoms with E-state index in [9.17, 15) is 9.59 Å². The fourth-order valence-corrected chi connectivity index (χ4v) is 6.76. The molecule has 25 heavy (non-hydrogen) atoms. The number of thioether (sulfide) groups is 1. The number of carbonyl (C=O) groups is 2. The van der Waals surface area contributed by atoms with Crippen molar-refractivity contribution >= 4 is 50.8 Å². The molecule has 0 radical (unpaired) electrons. The highest BCUT2D eigenvalue weighted by atomic mass is 32.2. The molecule has 1 aromatic heterocycles. The van der Waals surface area contributed by atoms with Crippen LogP contribution in [0.5, 0.6) is 0 Å². The van der Waals surface area contributed by atoms with Crippen molar-refractivity contribution in [1.82, 2.24) is 4.98 Å². The second kappa shape index (κ2) is 5.42. The van der Waals surface area contributed by atoms with Crippen LogP contribution in [0.15, 0.2) is 34.7 Å². The third kappa shape index (κ3) is 2.23. The standard InChI is InChI=1S/C19H18N2O2S2/c1-9(2)24-19-20-13-6-5-12(8-14(13)25-19)21-17(22)15-10-3-4-11(7-10)16(15)18(21)23/h3-6,8-11,15-16H,7H2,1-2H3/t10-,11+,15-,16-/m1/s1. The van der Waals surface area contributed by atoms with E-state index in [0.717, 1.165) is 21.0 Å². The van der Waals surface area contributed by atoms with Gasteiger partial charge in [-0.3, -0.25) is 9.59 Å². The highest BCUT2D eigenvalue weighted by Crippen LogP contribution is 2.53. The molecule has 1 saturated carbocycles. The number of nitrogens with zero attached hydrogens (tertiary/aromatic N) is 2. The summed E-state index contributed by atoms with van der Waals surface area (Å²) in [5.41, 5.74) is 1.62. The van der Waals surface area contributed by atoms with Gasteiger partial charge < -0.3 is 0 Å². The molecule has 2 amide bonds. The maximum absolute atomic E-state index is 12.9. The van der Waals surface area contributed by atoms with E-state index in [4.69, 9.17) is 0 Å². The zero-order valence-corrected chi connectivity index (χ0v) is 15.6. The van der Waals surface area contributed by atoms with Crippen molar-refractivity contribution in [1.29, 1.82) is 0 Å². The minimum atomic E-state index is -0.147. The van der Waals surface area contributed by atoms with Crippen molar-refractivity contribution < 1.29 is 9.59 Å². The average Bonchev–Trinajstić information content (AvgIpc) is 3.29. The Morgan fingerprint density at radius 2 is 1.84 bits per heavy atom. The van der Waals surface area contributed by atoms with Gasteiger partial charge in [0.15, 0.2) is 4.34 Å². The molecular formula is C19H18N2O2S2. The Labute approximate surface area is 154 Å². The number of rotatable bonds is 3. The Morgan fingerprint density at radius 3 is 2.48 bits per heavy atom. The van der Waals surface area contributed by atoms with E-state index < -0.39 is 0 Å². The number of anilines is 1. The molecule has 2 aliphatic carbocycles. The number of carbonyl (C=O) groups excluding carboxylic acids is 2. The second-order valence-corrected chi connectivity index (χ2v) is 10.2. The van der Waals surface area contributed by atoms with Crippen molar-refractivity contribution in [3.63, 3.8) is 0 Å². The molecule has 2 fully saturated rings. The summed E-state index contributed by atoms with van der Waals surface area (Å²) in [6, 6.07) is 5.73. The van der Waals surface area contributed by atoms with Crippen LogP contribution < -0.4 is 4.90 Å². The van der Waals surface area contributed by atoms with Crippen LogP contribution in [0.3, 0.4) is 0 Å². The number of imide groups is 1. The first-order valence-electron chi connectivity index (χ1n) is 8.66. The Hall–Kier alpha value is -1.66. The Balaban J connectivity index is 1.51. The highest BCUT2D eigenvalue weighted by Gasteiger charge is 2.59. The van der Waals surface area contributed by atoms with Crippen molar-refractivity contribution in [2.24, 2.45) is 23.7 Å². The number of hydrogen-bond acceptors (Lipinski definition) is 5. The number of aromatic nitrogens is 1. The highest BCUT2D eigenvalue weighted by molar-refractivity contribution is 8.01. The van der Waals surface area contributed by atoms with E-state index in [-0.39, 0.29) is 35.5 Å². The zero-order valence-electron chi connectivity index (χ0n) is 14.0. The molecule has 0 N–H and O–H groups in total. The fraction of sp³-hybridized carbons (Fsp3) is 0.421. The van der Waals surface area contributed by atoms with E-state index in [2.05, 4.69) is 31.0 Å². The smallest absolute Gasteiger partial charge is 0.238 e. The van der Waals surface area contributed by atoms with E-state index in [1.54, 1.807) is 23.1 Å². The third-order valence-electron chi connectivity index (χ3n) is 5.42. The summed E-state index contributed by atoms with van der Waals surface area (Å²) in [6.07, 6.45) is 5.22. The van der Waals surface area contributed by atoms with Crippen LogP contribution in [-0.2, 0) is 9.59 Å². The summed E-state index contributed by atoms with van der Waals surface area (Å²) in [4.78, 5) is 31.9. The van der Waals surface area contributed by atoms with Crippen LogP contribution in [0.2, 0.25) is 0 Å². The number of benzene rings is 1. The molecule has 4 nitrogen and oxygen atoms in total. The lowest BCUT2D eigenvalue weighted by atomic mass is 9.85. The molecular weight excluding hydrogens is 352 g/mol. The summed E-state index contributed by atoms with van der Waals surface area (Å²) in [7, 11) is 0. The predicted molar refractivity (Wildman–Crippen MR) is 101 cm³/mol. The van der Waals surface area contributed by atoms with Crippen LogP contribution in [-0.4, -0.2) is 22.0 Å². The van der Waals surface area contributed by atoms with E-state index in [0.29, 0.717) is 10.9 Å². The number of fused-ring (bicyclic) bond motifs is 6. The van der Waals surface area contributed by atoms with Crippen LogP contribution in [0.4, 0.5) is 5.69 Å². The normalized spacial score (nSPS) is 30.3. The average molecular weight is 370 g/mol. The molecule has 3 aliphatic rings. The van der Waals surface area contributed by atoms with Gasteiger partial charge in [-0.1, -0.05) is 37.8 Å². The lowest BCUT2D eigenvalue weighted by Gasteiger charge is -2.17. The maximum atomic E-state index is 12.9. The molecule has 1 aliphatic heterocycles. The van der Waals surface area contributed by atoms with Gasteiger partial charge >= 0.3 is 0 Å². The summed E-state index contributed by atoms with van der Waals surface area (Å²) in [6.45, 7) is 4.29. The van der Waals surface area contributed by atoms with Crippen LogP contribution in [0, 0.1) is 23.7 Å². The monoisotopic (exact) mass is 370 g/mol. The first-order valence-corrected chi connectivity index (χ1v) is 10.4. The minimum absolute atomic E-state index is 0.0208. The summed E-state index contributed by atoms with van der Waals surface area (Å²) in [5.74, 6) is 0.161. The van der Waals surface area contributed by atoms with Gasteiger partial charge in [0, 0.05) is 5.25 Å². The zero-order chi connectivity index (χ0) is 17.3. The molecule has 2 aromatic rings. The molecule has 128 valence electrons. The number of allylic oxidation sites excluding steroid dienone is 2. The lowest BCUT2D eigenvalue weighted by molar-refractivity contribution is -0.123. The van der Waals surface area contributed by atoms with Gasteiger partial charge in [0.2, 0.25) is 11.8 Å². The quantitative estimate of drug-likeness (QED) is 0.463. The third-order valence-corrected chi connectivity index (χ3v) is 7.53. The van der Waals surface area contributed by atoms with Crippen molar-refractivity contribution in [2.45, 2.75) is 29.9 Å². The van der Waals surface area contributed by atoms with Gasteiger partial charge in [-0.2, -0.15) is 0 Å². The van der Waals surface area contributed by atoms with Crippen LogP contribution in [0.25, 0.3) is 10.2 Å². The number of amides is 2. The topological polar surface area (TPSA) is 50.3 Å². The fourth-order valence-electron chi connectivity index (χ4n) is 4.44. The molecule has 6 heteroatoms. The van der Waals surface area contributed by atoms with Crippen LogP contribution in [0.1, 0.15) is 20.3 Å². The summed E-state index contributed by atoms with van der Waals surface area (Å²) >= 11 is 3.36. The van der Waals surface area contributed by atoms with Gasteiger partial charge in [0.1, 0.15) is 0 Å². The first-order chi connectivity index (χ1) is 12.0. The summed E-state index contributed by atoms with van der Waals surface area (Å²) in [5, 5.41) is 0.476. The van der Waals surface area contributed by atoms with Crippen molar-refractivity contribution in [3.05, 3.63) is 30.4 Å². The second-order valence-electron chi connectivity index (χ2n) is 7.31. The van der Waals surface area contributed by atoms with E-state index in [1.165, 1.54) is 4.90 Å². The molecule has 0 unspecified atom stereocenters. The van der Waals surface area contributed by atoms with Gasteiger partial charge in [-0.25, -0.2) is 9.88 Å². The SMILES string of the molecule is CC(C)Sc1nc2ccc(N3C(=O)[C@H]4[C@H](C3=O)[C@H]3C=C[C@@H]4C3)cc2s1. The number of thiazole rings is 1. The van der Waals surface area contributed by atoms with E-state index in [1.807, 2.05) is 18.2 Å². The lowest BCUT2D eigenvalue weighted by Crippen LogP contribution is -2.32. The predicted octanol–water partition coefficient (Wildman–Crippen LogP) is 4.11. The molecule has 2 heterocycles. The van der Waals surface area contributed by atoms with Gasteiger partial charge in [0.05, 0.1) is 27.7 Å². The maximum Gasteiger partial charge on any atom is 0.238 e. The molecule has 1 saturated heterocycles. The molecule has 0 spiro atoms. The molecule has 5 rings (SSSR count). The Bertz CT molecular complexity index is 903. The van der Waals surface area contributed by atoms with Gasteiger partial charge in [0.25, 0.3) is 0 Å². The molecule has 1 aromatic carbocycles. The van der Waals surface area contributed by atoms with Crippen molar-refractivity contribution in [3.8, 4) is 0 Å². The number of hydrogen-bond donors (Lipinski definition) is 0. The largest absolute Gasteiger partial charge is 0.274 e. The van der Waals surface area contributed by atoms with Gasteiger partial charge in [-0.05, 0) is 36.5 Å². The summed E-state index contributed by atoms with van der Waals surface area (Å²) < 4.78 is 2.06. The van der Waals surface area contributed by atoms with Gasteiger partial charge in [-0.15, -0.1) is 11.3 Å². The van der Waals surface area contributed by atoms with E-state index >= 15 is 0 Å². The van der Waals surface area contributed by atoms with Crippen LogP contribution >= 0.6 is 23.1 Å².